The minimum Gasteiger partial charge on any atom is -0.507 e. The van der Waals surface area contributed by atoms with Crippen LogP contribution in [0.5, 0.6) is 5.75 Å². The normalized spacial score (nSPS) is 12.3. The largest absolute Gasteiger partial charge is 0.507 e. The van der Waals surface area contributed by atoms with Crippen molar-refractivity contribution in [2.75, 3.05) is 0 Å². The van der Waals surface area contributed by atoms with Gasteiger partial charge in [0.15, 0.2) is 0 Å². The highest BCUT2D eigenvalue weighted by Crippen LogP contribution is 2.14. The van der Waals surface area contributed by atoms with E-state index in [1.807, 2.05) is 24.3 Å². The lowest BCUT2D eigenvalue weighted by Gasteiger charge is -2.01. The minimum absolute atomic E-state index is 0.208. The standard InChI is InChI=1S/C21H24N2O/c1-2-3-5-12-19(15-18-10-6-4-7-11-18)16-22-23-17-20-13-8-9-14-21(20)24/h4,6-11,13-17,24H,2-3,5,12H2,1H3/b19-15+,22-16+,23-17-. The zero-order valence-electron chi connectivity index (χ0n) is 14.1. The van der Waals surface area contributed by atoms with Gasteiger partial charge in [-0.15, -0.1) is 0 Å². The van der Waals surface area contributed by atoms with Crippen molar-refractivity contribution in [3.63, 3.8) is 0 Å². The fourth-order valence-corrected chi connectivity index (χ4v) is 2.32. The number of phenols is 1. The molecule has 2 aromatic carbocycles. The third kappa shape index (κ3) is 6.21. The molecule has 0 atom stereocenters. The van der Waals surface area contributed by atoms with E-state index < -0.39 is 0 Å². The minimum atomic E-state index is 0.208. The highest BCUT2D eigenvalue weighted by atomic mass is 16.3. The van der Waals surface area contributed by atoms with Gasteiger partial charge in [-0.1, -0.05) is 68.3 Å². The van der Waals surface area contributed by atoms with Gasteiger partial charge in [-0.3, -0.25) is 0 Å². The molecule has 0 fully saturated rings. The number of allylic oxidation sites excluding steroid dienone is 1. The highest BCUT2D eigenvalue weighted by Gasteiger charge is 1.97. The average molecular weight is 320 g/mol. The van der Waals surface area contributed by atoms with Gasteiger partial charge in [0, 0.05) is 5.56 Å². The molecule has 2 aromatic rings. The van der Waals surface area contributed by atoms with Crippen LogP contribution < -0.4 is 0 Å². The molecule has 3 heteroatoms. The van der Waals surface area contributed by atoms with E-state index in [0.717, 1.165) is 18.4 Å². The molecule has 0 saturated carbocycles. The molecule has 0 aromatic heterocycles. The lowest BCUT2D eigenvalue weighted by Crippen LogP contribution is -1.87. The zero-order valence-corrected chi connectivity index (χ0v) is 14.1. The lowest BCUT2D eigenvalue weighted by molar-refractivity contribution is 0.474. The van der Waals surface area contributed by atoms with Gasteiger partial charge >= 0.3 is 0 Å². The Hall–Kier alpha value is -2.68. The second-order valence-electron chi connectivity index (χ2n) is 5.63. The first-order valence-corrected chi connectivity index (χ1v) is 8.39. The Labute approximate surface area is 144 Å². The van der Waals surface area contributed by atoms with Crippen molar-refractivity contribution >= 4 is 18.5 Å². The summed E-state index contributed by atoms with van der Waals surface area (Å²) >= 11 is 0. The van der Waals surface area contributed by atoms with E-state index in [1.165, 1.54) is 18.4 Å². The Morgan fingerprint density at radius 2 is 1.71 bits per heavy atom. The molecule has 0 bridgehead atoms. The summed E-state index contributed by atoms with van der Waals surface area (Å²) in [5.74, 6) is 0.208. The Balaban J connectivity index is 2.07. The maximum Gasteiger partial charge on any atom is 0.124 e. The number of hydrogen-bond acceptors (Lipinski definition) is 3. The first-order chi connectivity index (χ1) is 11.8. The molecule has 124 valence electrons. The third-order valence-electron chi connectivity index (χ3n) is 3.64. The van der Waals surface area contributed by atoms with E-state index in [9.17, 15) is 5.11 Å². The monoisotopic (exact) mass is 320 g/mol. The smallest absolute Gasteiger partial charge is 0.124 e. The van der Waals surface area contributed by atoms with Crippen molar-refractivity contribution < 1.29 is 5.11 Å². The molecule has 0 unspecified atom stereocenters. The Morgan fingerprint density at radius 1 is 0.958 bits per heavy atom. The molecular weight excluding hydrogens is 296 g/mol. The quantitative estimate of drug-likeness (QED) is 0.392. The van der Waals surface area contributed by atoms with E-state index in [0.29, 0.717) is 5.56 Å². The predicted octanol–water partition coefficient (Wildman–Crippen LogP) is 5.46. The Kier molecular flexibility index (Phi) is 7.48. The van der Waals surface area contributed by atoms with Crippen LogP contribution >= 0.6 is 0 Å². The van der Waals surface area contributed by atoms with Gasteiger partial charge in [0.25, 0.3) is 0 Å². The van der Waals surface area contributed by atoms with Crippen LogP contribution in [0.4, 0.5) is 0 Å². The van der Waals surface area contributed by atoms with Crippen LogP contribution in [0.25, 0.3) is 6.08 Å². The van der Waals surface area contributed by atoms with Gasteiger partial charge in [0.1, 0.15) is 5.75 Å². The number of unbranched alkanes of at least 4 members (excludes halogenated alkanes) is 2. The first-order valence-electron chi connectivity index (χ1n) is 8.39. The van der Waals surface area contributed by atoms with E-state index in [4.69, 9.17) is 0 Å². The lowest BCUT2D eigenvalue weighted by atomic mass is 10.1. The van der Waals surface area contributed by atoms with Crippen LogP contribution in [0, 0.1) is 0 Å². The van der Waals surface area contributed by atoms with Crippen LogP contribution in [0.2, 0.25) is 0 Å². The topological polar surface area (TPSA) is 45.0 Å². The molecule has 1 N–H and O–H groups in total. The van der Waals surface area contributed by atoms with Gasteiger partial charge < -0.3 is 5.11 Å². The van der Waals surface area contributed by atoms with Crippen molar-refractivity contribution in [3.8, 4) is 5.75 Å². The fourth-order valence-electron chi connectivity index (χ4n) is 2.32. The molecular formula is C21H24N2O. The maximum absolute atomic E-state index is 9.70. The number of nitrogens with zero attached hydrogens (tertiary/aromatic N) is 2. The van der Waals surface area contributed by atoms with Gasteiger partial charge in [-0.05, 0) is 36.1 Å². The van der Waals surface area contributed by atoms with Crippen molar-refractivity contribution in [1.29, 1.82) is 0 Å². The average Bonchev–Trinajstić information content (AvgIpc) is 2.61. The van der Waals surface area contributed by atoms with Gasteiger partial charge in [0.2, 0.25) is 0 Å². The van der Waals surface area contributed by atoms with Crippen molar-refractivity contribution in [1.82, 2.24) is 0 Å². The second-order valence-corrected chi connectivity index (χ2v) is 5.63. The fraction of sp³-hybridized carbons (Fsp3) is 0.238. The summed E-state index contributed by atoms with van der Waals surface area (Å²) in [6, 6.07) is 17.3. The van der Waals surface area contributed by atoms with Crippen molar-refractivity contribution in [3.05, 3.63) is 71.3 Å². The van der Waals surface area contributed by atoms with Crippen LogP contribution in [0.15, 0.2) is 70.4 Å². The molecule has 3 nitrogen and oxygen atoms in total. The summed E-state index contributed by atoms with van der Waals surface area (Å²) in [6.07, 6.45) is 10.1. The molecule has 0 amide bonds. The molecule has 0 saturated heterocycles. The molecule has 0 spiro atoms. The summed E-state index contributed by atoms with van der Waals surface area (Å²) < 4.78 is 0. The van der Waals surface area contributed by atoms with E-state index in [1.54, 1.807) is 30.6 Å². The predicted molar refractivity (Wildman–Crippen MR) is 103 cm³/mol. The molecule has 24 heavy (non-hydrogen) atoms. The molecule has 0 aliphatic heterocycles. The summed E-state index contributed by atoms with van der Waals surface area (Å²) in [5.41, 5.74) is 2.98. The Morgan fingerprint density at radius 3 is 2.46 bits per heavy atom. The number of phenolic OH excluding ortho intramolecular Hbond substituents is 1. The molecule has 2 rings (SSSR count). The maximum atomic E-state index is 9.70. The van der Waals surface area contributed by atoms with Crippen LogP contribution in [-0.4, -0.2) is 17.5 Å². The number of rotatable bonds is 8. The summed E-state index contributed by atoms with van der Waals surface area (Å²) in [5, 5.41) is 17.9. The molecule has 0 aliphatic carbocycles. The van der Waals surface area contributed by atoms with Gasteiger partial charge in [0.05, 0.1) is 12.4 Å². The number of hydrogen-bond donors (Lipinski definition) is 1. The highest BCUT2D eigenvalue weighted by molar-refractivity contribution is 5.87. The second kappa shape index (κ2) is 10.2. The van der Waals surface area contributed by atoms with Crippen LogP contribution in [-0.2, 0) is 0 Å². The van der Waals surface area contributed by atoms with E-state index >= 15 is 0 Å². The summed E-state index contributed by atoms with van der Waals surface area (Å²) in [6.45, 7) is 2.20. The Bertz CT molecular complexity index is 703. The van der Waals surface area contributed by atoms with E-state index in [-0.39, 0.29) is 5.75 Å². The number of aromatic hydroxyl groups is 1. The van der Waals surface area contributed by atoms with Crippen LogP contribution in [0.3, 0.4) is 0 Å². The number of benzene rings is 2. The summed E-state index contributed by atoms with van der Waals surface area (Å²) in [7, 11) is 0. The van der Waals surface area contributed by atoms with Crippen molar-refractivity contribution in [2.45, 2.75) is 32.6 Å². The molecule has 0 aliphatic rings. The molecule has 0 heterocycles. The van der Waals surface area contributed by atoms with Gasteiger partial charge in [-0.25, -0.2) is 0 Å². The van der Waals surface area contributed by atoms with Crippen LogP contribution in [0.1, 0.15) is 43.7 Å². The van der Waals surface area contributed by atoms with E-state index in [2.05, 4.69) is 35.3 Å². The zero-order chi connectivity index (χ0) is 17.0. The van der Waals surface area contributed by atoms with Gasteiger partial charge in [-0.2, -0.15) is 10.2 Å². The first kappa shape index (κ1) is 17.7. The number of para-hydroxylation sites is 1. The molecule has 0 radical (unpaired) electrons. The summed E-state index contributed by atoms with van der Waals surface area (Å²) in [4.78, 5) is 0. The SMILES string of the molecule is CCCCCC(/C=N/N=C\c1ccccc1O)=C\c1ccccc1. The van der Waals surface area contributed by atoms with Crippen molar-refractivity contribution in [2.24, 2.45) is 10.2 Å². The third-order valence-corrected chi connectivity index (χ3v) is 3.64.